The maximum Gasteiger partial charge on any atom is -0.0160 e. The van der Waals surface area contributed by atoms with Crippen LogP contribution in [0.1, 0.15) is 20.3 Å². The fraction of sp³-hybridized carbons (Fsp3) is 0.333. The van der Waals surface area contributed by atoms with Gasteiger partial charge in [-0.25, -0.2) is 0 Å². The third kappa shape index (κ3) is 1.56. The van der Waals surface area contributed by atoms with E-state index in [4.69, 9.17) is 0 Å². The maximum absolute atomic E-state index is 2.25. The second kappa shape index (κ2) is 2.67. The monoisotopic (exact) mass is 120 g/mol. The van der Waals surface area contributed by atoms with E-state index >= 15 is 0 Å². The van der Waals surface area contributed by atoms with Crippen LogP contribution < -0.4 is 0 Å². The average molecular weight is 120 g/mol. The van der Waals surface area contributed by atoms with E-state index in [-0.39, 0.29) is 0 Å². The Kier molecular flexibility index (Phi) is 1.88. The molecule has 0 heteroatoms. The number of hydrogen-bond acceptors (Lipinski definition) is 0. The SMILES string of the molecule is CC1=CC=CCC=C1C. The fourth-order valence-electron chi connectivity index (χ4n) is 0.828. The Labute approximate surface area is 56.6 Å². The van der Waals surface area contributed by atoms with Crippen molar-refractivity contribution in [3.05, 3.63) is 35.5 Å². The Morgan fingerprint density at radius 2 is 2.00 bits per heavy atom. The molecule has 0 aliphatic heterocycles. The van der Waals surface area contributed by atoms with Gasteiger partial charge in [-0.05, 0) is 25.8 Å². The van der Waals surface area contributed by atoms with E-state index < -0.39 is 0 Å². The largest absolute Gasteiger partial charge is 0.0807 e. The van der Waals surface area contributed by atoms with Gasteiger partial charge in [-0.1, -0.05) is 29.9 Å². The zero-order valence-electron chi connectivity index (χ0n) is 6.02. The van der Waals surface area contributed by atoms with Crippen LogP contribution in [0.15, 0.2) is 35.5 Å². The van der Waals surface area contributed by atoms with Gasteiger partial charge in [-0.3, -0.25) is 0 Å². The molecule has 48 valence electrons. The van der Waals surface area contributed by atoms with Gasteiger partial charge in [0.1, 0.15) is 0 Å². The normalized spacial score (nSPS) is 18.4. The molecule has 0 N–H and O–H groups in total. The molecular weight excluding hydrogens is 108 g/mol. The van der Waals surface area contributed by atoms with Gasteiger partial charge in [0.2, 0.25) is 0 Å². The molecule has 1 aliphatic rings. The van der Waals surface area contributed by atoms with Gasteiger partial charge in [0, 0.05) is 0 Å². The molecule has 1 aliphatic carbocycles. The summed E-state index contributed by atoms with van der Waals surface area (Å²) in [6.07, 6.45) is 9.76. The second-order valence-electron chi connectivity index (χ2n) is 2.40. The summed E-state index contributed by atoms with van der Waals surface area (Å²) in [5.41, 5.74) is 2.78. The van der Waals surface area contributed by atoms with Gasteiger partial charge in [-0.15, -0.1) is 0 Å². The summed E-state index contributed by atoms with van der Waals surface area (Å²) in [5, 5.41) is 0. The van der Waals surface area contributed by atoms with Crippen LogP contribution in [0, 0.1) is 0 Å². The highest BCUT2D eigenvalue weighted by Crippen LogP contribution is 2.11. The fourth-order valence-corrected chi connectivity index (χ4v) is 0.828. The van der Waals surface area contributed by atoms with Gasteiger partial charge in [0.05, 0.1) is 0 Å². The quantitative estimate of drug-likeness (QED) is 0.461. The maximum atomic E-state index is 2.25. The van der Waals surface area contributed by atoms with E-state index in [1.807, 2.05) is 0 Å². The molecule has 0 fully saturated rings. The minimum Gasteiger partial charge on any atom is -0.0807 e. The van der Waals surface area contributed by atoms with Crippen molar-refractivity contribution in [3.63, 3.8) is 0 Å². The highest BCUT2D eigenvalue weighted by molar-refractivity contribution is 5.32. The lowest BCUT2D eigenvalue weighted by atomic mass is 10.1. The third-order valence-corrected chi connectivity index (χ3v) is 1.66. The topological polar surface area (TPSA) is 0 Å². The van der Waals surface area contributed by atoms with E-state index in [9.17, 15) is 0 Å². The molecule has 0 radical (unpaired) electrons. The highest BCUT2D eigenvalue weighted by Gasteiger charge is 1.91. The van der Waals surface area contributed by atoms with Crippen molar-refractivity contribution in [2.45, 2.75) is 20.3 Å². The minimum absolute atomic E-state index is 1.08. The summed E-state index contributed by atoms with van der Waals surface area (Å²) in [6.45, 7) is 4.29. The van der Waals surface area contributed by atoms with E-state index in [0.717, 1.165) is 6.42 Å². The third-order valence-electron chi connectivity index (χ3n) is 1.66. The molecule has 0 aromatic heterocycles. The zero-order chi connectivity index (χ0) is 6.69. The number of hydrogen-bond donors (Lipinski definition) is 0. The van der Waals surface area contributed by atoms with Crippen molar-refractivity contribution < 1.29 is 0 Å². The van der Waals surface area contributed by atoms with Gasteiger partial charge in [0.25, 0.3) is 0 Å². The van der Waals surface area contributed by atoms with Crippen LogP contribution in [0.4, 0.5) is 0 Å². The lowest BCUT2D eigenvalue weighted by Gasteiger charge is -1.95. The van der Waals surface area contributed by atoms with Crippen LogP contribution in [-0.4, -0.2) is 0 Å². The molecule has 0 nitrogen and oxygen atoms in total. The Balaban J connectivity index is 2.85. The van der Waals surface area contributed by atoms with Crippen LogP contribution >= 0.6 is 0 Å². The van der Waals surface area contributed by atoms with E-state index in [1.165, 1.54) is 11.1 Å². The van der Waals surface area contributed by atoms with Crippen LogP contribution in [0.5, 0.6) is 0 Å². The molecule has 0 atom stereocenters. The molecule has 0 spiro atoms. The van der Waals surface area contributed by atoms with Gasteiger partial charge in [-0.2, -0.15) is 0 Å². The molecule has 9 heavy (non-hydrogen) atoms. The molecule has 0 bridgehead atoms. The van der Waals surface area contributed by atoms with Crippen LogP contribution in [0.25, 0.3) is 0 Å². The summed E-state index contributed by atoms with van der Waals surface area (Å²) in [4.78, 5) is 0. The van der Waals surface area contributed by atoms with Gasteiger partial charge in [0.15, 0.2) is 0 Å². The first-order chi connectivity index (χ1) is 4.30. The first-order valence-corrected chi connectivity index (χ1v) is 3.31. The standard InChI is InChI=1S/C9H12/c1-8-6-4-3-5-7-9(8)2/h3-4,6-7H,5H2,1-2H3. The Hall–Kier alpha value is -0.780. The molecule has 0 aromatic rings. The van der Waals surface area contributed by atoms with Crippen LogP contribution in [0.3, 0.4) is 0 Å². The molecule has 0 saturated carbocycles. The Bertz CT molecular complexity index is 180. The van der Waals surface area contributed by atoms with Crippen molar-refractivity contribution in [2.24, 2.45) is 0 Å². The van der Waals surface area contributed by atoms with Crippen molar-refractivity contribution in [1.82, 2.24) is 0 Å². The van der Waals surface area contributed by atoms with E-state index in [2.05, 4.69) is 38.2 Å². The van der Waals surface area contributed by atoms with Crippen LogP contribution in [-0.2, 0) is 0 Å². The van der Waals surface area contributed by atoms with E-state index in [0.29, 0.717) is 0 Å². The second-order valence-corrected chi connectivity index (χ2v) is 2.40. The molecule has 0 saturated heterocycles. The average Bonchev–Trinajstić information content (AvgIpc) is 1.99. The molecule has 0 amide bonds. The molecule has 0 unspecified atom stereocenters. The summed E-state index contributed by atoms with van der Waals surface area (Å²) in [5.74, 6) is 0. The van der Waals surface area contributed by atoms with Crippen molar-refractivity contribution in [2.75, 3.05) is 0 Å². The Morgan fingerprint density at radius 3 is 2.78 bits per heavy atom. The van der Waals surface area contributed by atoms with Crippen LogP contribution in [0.2, 0.25) is 0 Å². The number of allylic oxidation sites excluding steroid dienone is 6. The first kappa shape index (κ1) is 6.34. The minimum atomic E-state index is 1.08. The highest BCUT2D eigenvalue weighted by atomic mass is 14.0. The molecule has 1 rings (SSSR count). The number of rotatable bonds is 0. The lowest BCUT2D eigenvalue weighted by molar-refractivity contribution is 1.29. The summed E-state index contributed by atoms with van der Waals surface area (Å²) < 4.78 is 0. The summed E-state index contributed by atoms with van der Waals surface area (Å²) in [6, 6.07) is 0. The van der Waals surface area contributed by atoms with Crippen molar-refractivity contribution in [3.8, 4) is 0 Å². The molecular formula is C9H12. The Morgan fingerprint density at radius 1 is 1.22 bits per heavy atom. The predicted molar refractivity (Wildman–Crippen MR) is 41.3 cm³/mol. The predicted octanol–water partition coefficient (Wildman–Crippen LogP) is 2.84. The van der Waals surface area contributed by atoms with Gasteiger partial charge < -0.3 is 0 Å². The zero-order valence-corrected chi connectivity index (χ0v) is 6.02. The first-order valence-electron chi connectivity index (χ1n) is 3.31. The van der Waals surface area contributed by atoms with Crippen molar-refractivity contribution in [1.29, 1.82) is 0 Å². The van der Waals surface area contributed by atoms with Crippen molar-refractivity contribution >= 4 is 0 Å². The van der Waals surface area contributed by atoms with E-state index in [1.54, 1.807) is 0 Å². The summed E-state index contributed by atoms with van der Waals surface area (Å²) in [7, 11) is 0. The summed E-state index contributed by atoms with van der Waals surface area (Å²) >= 11 is 0. The lowest BCUT2D eigenvalue weighted by Crippen LogP contribution is -1.74. The molecule has 0 aromatic carbocycles. The molecule has 0 heterocycles. The smallest absolute Gasteiger partial charge is 0.0160 e. The van der Waals surface area contributed by atoms with Gasteiger partial charge >= 0.3 is 0 Å².